The van der Waals surface area contributed by atoms with Gasteiger partial charge >= 0.3 is 11.4 Å². The lowest BCUT2D eigenvalue weighted by Crippen LogP contribution is -2.16. The van der Waals surface area contributed by atoms with Crippen LogP contribution in [0.4, 0.5) is 5.69 Å². The van der Waals surface area contributed by atoms with Crippen LogP contribution in [0.5, 0.6) is 5.75 Å². The molecule has 0 saturated heterocycles. The van der Waals surface area contributed by atoms with E-state index in [4.69, 9.17) is 16.2 Å². The zero-order chi connectivity index (χ0) is 14.6. The molecule has 0 spiro atoms. The van der Waals surface area contributed by atoms with Crippen molar-refractivity contribution in [1.82, 2.24) is 0 Å². The highest BCUT2D eigenvalue weighted by Crippen LogP contribution is 2.31. The summed E-state index contributed by atoms with van der Waals surface area (Å²) in [4.78, 5) is 22.3. The molecule has 19 heavy (non-hydrogen) atoms. The summed E-state index contributed by atoms with van der Waals surface area (Å²) in [6.45, 7) is 2.98. The first-order valence-electron chi connectivity index (χ1n) is 5.18. The largest absolute Gasteiger partial charge is 0.378 e. The fraction of sp³-hybridized carbons (Fsp3) is 0.273. The Bertz CT molecular complexity index is 546. The Kier molecular flexibility index (Phi) is 5.46. The molecular formula is C11H12ClNO5S. The Morgan fingerprint density at radius 1 is 1.47 bits per heavy atom. The number of benzene rings is 1. The van der Waals surface area contributed by atoms with Gasteiger partial charge in [-0.1, -0.05) is 11.6 Å². The quantitative estimate of drug-likeness (QED) is 0.642. The maximum atomic E-state index is 11.5. The van der Waals surface area contributed by atoms with Crippen LogP contribution in [0.2, 0.25) is 5.02 Å². The maximum absolute atomic E-state index is 11.5. The lowest BCUT2D eigenvalue weighted by atomic mass is 10.2. The van der Waals surface area contributed by atoms with Gasteiger partial charge in [0.05, 0.1) is 12.1 Å². The second-order valence-electron chi connectivity index (χ2n) is 3.82. The summed E-state index contributed by atoms with van der Waals surface area (Å²) in [5.41, 5.74) is 0.825. The fourth-order valence-electron chi connectivity index (χ4n) is 1.33. The predicted molar refractivity (Wildman–Crippen MR) is 71.5 cm³/mol. The smallest absolute Gasteiger partial charge is 0.357 e. The van der Waals surface area contributed by atoms with Crippen LogP contribution in [0.3, 0.4) is 0 Å². The SMILES string of the molecule is CC(=O)CC(=O)Nc1cc(C)c(Cl)cc1OS(=O)O. The third-order valence-electron chi connectivity index (χ3n) is 2.11. The number of anilines is 1. The molecule has 1 rings (SSSR count). The molecule has 0 aliphatic rings. The van der Waals surface area contributed by atoms with E-state index in [0.29, 0.717) is 10.6 Å². The minimum atomic E-state index is -2.54. The standard InChI is InChI=1S/C11H12ClNO5S/c1-6-3-9(13-11(15)4-7(2)14)10(5-8(6)12)18-19(16)17/h3,5H,4H2,1-2H3,(H,13,15)(H,16,17). The van der Waals surface area contributed by atoms with Crippen LogP contribution in [0.1, 0.15) is 18.9 Å². The summed E-state index contributed by atoms with van der Waals surface area (Å²) in [7, 11) is 0. The number of hydrogen-bond acceptors (Lipinski definition) is 4. The molecule has 0 saturated carbocycles. The van der Waals surface area contributed by atoms with Gasteiger partial charge in [0.2, 0.25) is 5.91 Å². The zero-order valence-electron chi connectivity index (χ0n) is 10.2. The third kappa shape index (κ3) is 4.98. The monoisotopic (exact) mass is 305 g/mol. The highest BCUT2D eigenvalue weighted by atomic mass is 35.5. The van der Waals surface area contributed by atoms with Gasteiger partial charge in [-0.15, -0.1) is 0 Å². The van der Waals surface area contributed by atoms with Crippen molar-refractivity contribution in [2.75, 3.05) is 5.32 Å². The number of aryl methyl sites for hydroxylation is 1. The van der Waals surface area contributed by atoms with Crippen LogP contribution in [0.15, 0.2) is 12.1 Å². The van der Waals surface area contributed by atoms with Gasteiger partial charge in [-0.05, 0) is 25.5 Å². The number of carbonyl (C=O) groups is 2. The Balaban J connectivity index is 3.03. The van der Waals surface area contributed by atoms with E-state index in [1.54, 1.807) is 6.92 Å². The molecule has 1 atom stereocenters. The van der Waals surface area contributed by atoms with Gasteiger partial charge in [0, 0.05) is 11.1 Å². The Labute approximate surface area is 117 Å². The molecule has 1 amide bonds. The molecule has 6 nitrogen and oxygen atoms in total. The lowest BCUT2D eigenvalue weighted by Gasteiger charge is -2.11. The van der Waals surface area contributed by atoms with E-state index in [9.17, 15) is 13.8 Å². The molecule has 0 bridgehead atoms. The van der Waals surface area contributed by atoms with Crippen molar-refractivity contribution in [2.45, 2.75) is 20.3 Å². The Hall–Kier alpha value is -1.44. The van der Waals surface area contributed by atoms with Crippen LogP contribution in [-0.2, 0) is 21.0 Å². The average molecular weight is 306 g/mol. The van der Waals surface area contributed by atoms with Gasteiger partial charge in [-0.2, -0.15) is 4.21 Å². The number of Topliss-reactive ketones (excluding diaryl/α,β-unsaturated/α-hetero) is 1. The average Bonchev–Trinajstić information content (AvgIpc) is 2.23. The number of ketones is 1. The molecule has 0 aliphatic carbocycles. The molecule has 1 unspecified atom stereocenters. The Morgan fingerprint density at radius 2 is 2.11 bits per heavy atom. The van der Waals surface area contributed by atoms with Crippen molar-refractivity contribution in [3.8, 4) is 5.75 Å². The van der Waals surface area contributed by atoms with E-state index >= 15 is 0 Å². The highest BCUT2D eigenvalue weighted by molar-refractivity contribution is 7.74. The van der Waals surface area contributed by atoms with Gasteiger partial charge in [0.15, 0.2) is 5.75 Å². The van der Waals surface area contributed by atoms with Crippen LogP contribution in [0.25, 0.3) is 0 Å². The van der Waals surface area contributed by atoms with Gasteiger partial charge < -0.3 is 9.50 Å². The molecule has 0 fully saturated rings. The number of halogens is 1. The number of rotatable bonds is 5. The molecule has 1 aromatic carbocycles. The molecule has 2 N–H and O–H groups in total. The number of nitrogens with one attached hydrogen (secondary N) is 1. The summed E-state index contributed by atoms with van der Waals surface area (Å²) in [6.07, 6.45) is -0.288. The third-order valence-corrected chi connectivity index (χ3v) is 2.83. The molecule has 0 heterocycles. The van der Waals surface area contributed by atoms with E-state index in [-0.39, 0.29) is 23.6 Å². The van der Waals surface area contributed by atoms with Crippen molar-refractivity contribution >= 4 is 40.3 Å². The first-order valence-corrected chi connectivity index (χ1v) is 6.59. The fourth-order valence-corrected chi connectivity index (χ4v) is 1.77. The summed E-state index contributed by atoms with van der Waals surface area (Å²) < 4.78 is 24.0. The number of amides is 1. The summed E-state index contributed by atoms with van der Waals surface area (Å²) in [6, 6.07) is 2.80. The van der Waals surface area contributed by atoms with Crippen LogP contribution < -0.4 is 9.50 Å². The van der Waals surface area contributed by atoms with Gasteiger partial charge in [-0.25, -0.2) is 0 Å². The van der Waals surface area contributed by atoms with Crippen LogP contribution in [-0.4, -0.2) is 20.5 Å². The summed E-state index contributed by atoms with van der Waals surface area (Å²) in [5, 5.41) is 2.75. The second kappa shape index (κ2) is 6.65. The minimum Gasteiger partial charge on any atom is -0.378 e. The molecule has 0 aliphatic heterocycles. The van der Waals surface area contributed by atoms with Crippen LogP contribution >= 0.6 is 11.6 Å². The van der Waals surface area contributed by atoms with Crippen molar-refractivity contribution in [1.29, 1.82) is 0 Å². The number of hydrogen-bond donors (Lipinski definition) is 2. The summed E-state index contributed by atoms with van der Waals surface area (Å²) in [5.74, 6) is -0.882. The van der Waals surface area contributed by atoms with Gasteiger partial charge in [0.1, 0.15) is 5.78 Å². The van der Waals surface area contributed by atoms with E-state index in [0.717, 1.165) is 0 Å². The first kappa shape index (κ1) is 15.6. The molecule has 8 heteroatoms. The van der Waals surface area contributed by atoms with E-state index in [1.807, 2.05) is 0 Å². The normalized spacial score (nSPS) is 11.8. The molecule has 0 aromatic heterocycles. The lowest BCUT2D eigenvalue weighted by molar-refractivity contribution is -0.124. The molecule has 1 aromatic rings. The Morgan fingerprint density at radius 3 is 2.63 bits per heavy atom. The molecular weight excluding hydrogens is 294 g/mol. The number of carbonyl (C=O) groups excluding carboxylic acids is 2. The van der Waals surface area contributed by atoms with Gasteiger partial charge in [-0.3, -0.25) is 14.1 Å². The first-order chi connectivity index (χ1) is 8.79. The van der Waals surface area contributed by atoms with Crippen molar-refractivity contribution in [2.24, 2.45) is 0 Å². The maximum Gasteiger partial charge on any atom is 0.357 e. The molecule has 0 radical (unpaired) electrons. The predicted octanol–water partition coefficient (Wildman–Crippen LogP) is 2.08. The van der Waals surface area contributed by atoms with Crippen molar-refractivity contribution in [3.63, 3.8) is 0 Å². The minimum absolute atomic E-state index is 0.0478. The second-order valence-corrected chi connectivity index (χ2v) is 4.83. The topological polar surface area (TPSA) is 92.7 Å². The highest BCUT2D eigenvalue weighted by Gasteiger charge is 2.14. The van der Waals surface area contributed by atoms with E-state index in [1.165, 1.54) is 19.1 Å². The van der Waals surface area contributed by atoms with Crippen molar-refractivity contribution in [3.05, 3.63) is 22.7 Å². The molecule has 104 valence electrons. The van der Waals surface area contributed by atoms with Crippen LogP contribution in [0, 0.1) is 6.92 Å². The summed E-state index contributed by atoms with van der Waals surface area (Å²) >= 11 is 3.32. The zero-order valence-corrected chi connectivity index (χ0v) is 11.8. The van der Waals surface area contributed by atoms with E-state index < -0.39 is 17.3 Å². The van der Waals surface area contributed by atoms with Gasteiger partial charge in [0.25, 0.3) is 0 Å². The van der Waals surface area contributed by atoms with Crippen molar-refractivity contribution < 1.29 is 22.5 Å². The van der Waals surface area contributed by atoms with E-state index in [2.05, 4.69) is 9.50 Å².